The van der Waals surface area contributed by atoms with Crippen LogP contribution in [0.25, 0.3) is 0 Å². The summed E-state index contributed by atoms with van der Waals surface area (Å²) in [7, 11) is 0. The molecule has 0 saturated heterocycles. The van der Waals surface area contributed by atoms with Crippen LogP contribution in [-0.2, 0) is 17.8 Å². The third-order valence-corrected chi connectivity index (χ3v) is 3.39. The number of aromatic nitrogens is 1. The van der Waals surface area contributed by atoms with E-state index in [1.807, 2.05) is 12.3 Å². The quantitative estimate of drug-likeness (QED) is 0.821. The van der Waals surface area contributed by atoms with Crippen LogP contribution in [0.1, 0.15) is 18.2 Å². The first kappa shape index (κ1) is 14.3. The van der Waals surface area contributed by atoms with Crippen LogP contribution < -0.4 is 10.1 Å². The first-order valence-electron chi connectivity index (χ1n) is 6.29. The molecule has 0 aliphatic carbocycles. The van der Waals surface area contributed by atoms with Crippen molar-refractivity contribution >= 4 is 22.4 Å². The Morgan fingerprint density at radius 1 is 1.40 bits per heavy atom. The normalized spacial score (nSPS) is 10.2. The monoisotopic (exact) mass is 292 g/mol. The van der Waals surface area contributed by atoms with E-state index in [0.29, 0.717) is 12.4 Å². The first-order valence-corrected chi connectivity index (χ1v) is 7.17. The topological polar surface area (TPSA) is 71.5 Å². The maximum absolute atomic E-state index is 10.6. The highest BCUT2D eigenvalue weighted by Gasteiger charge is 2.03. The van der Waals surface area contributed by atoms with Gasteiger partial charge in [-0.3, -0.25) is 4.79 Å². The number of aliphatic carboxylic acids is 1. The molecule has 1 aromatic carbocycles. The number of carboxylic acid groups (broad SMARTS) is 1. The molecule has 0 aliphatic heterocycles. The van der Waals surface area contributed by atoms with Crippen LogP contribution >= 0.6 is 11.3 Å². The van der Waals surface area contributed by atoms with Crippen molar-refractivity contribution in [3.8, 4) is 5.75 Å². The molecule has 6 heteroatoms. The molecule has 1 aromatic heterocycles. The van der Waals surface area contributed by atoms with E-state index in [0.717, 1.165) is 22.9 Å². The van der Waals surface area contributed by atoms with Crippen LogP contribution in [0.5, 0.6) is 5.75 Å². The molecular formula is C14H16N2O3S. The van der Waals surface area contributed by atoms with Crippen LogP contribution in [0.4, 0.5) is 5.13 Å². The molecule has 0 radical (unpaired) electrons. The lowest BCUT2D eigenvalue weighted by Gasteiger charge is -2.05. The van der Waals surface area contributed by atoms with Crippen LogP contribution in [0.15, 0.2) is 29.6 Å². The minimum Gasteiger partial charge on any atom is -0.487 e. The lowest BCUT2D eigenvalue weighted by Crippen LogP contribution is -2.00. The maximum Gasteiger partial charge on any atom is 0.307 e. The molecule has 0 fully saturated rings. The van der Waals surface area contributed by atoms with Gasteiger partial charge in [0.05, 0.1) is 12.1 Å². The average molecular weight is 292 g/mol. The number of carbonyl (C=O) groups is 1. The number of nitrogens with one attached hydrogen (secondary N) is 1. The van der Waals surface area contributed by atoms with Crippen molar-refractivity contribution in [2.24, 2.45) is 0 Å². The van der Waals surface area contributed by atoms with E-state index in [9.17, 15) is 4.79 Å². The Balaban J connectivity index is 1.88. The highest BCUT2D eigenvalue weighted by atomic mass is 32.1. The summed E-state index contributed by atoms with van der Waals surface area (Å²) >= 11 is 1.55. The first-order chi connectivity index (χ1) is 9.67. The van der Waals surface area contributed by atoms with Crippen LogP contribution in [0.3, 0.4) is 0 Å². The molecular weight excluding hydrogens is 276 g/mol. The number of carboxylic acids is 1. The minimum absolute atomic E-state index is 0.0262. The van der Waals surface area contributed by atoms with Crippen molar-refractivity contribution in [1.82, 2.24) is 4.98 Å². The number of hydrogen-bond acceptors (Lipinski definition) is 5. The number of benzene rings is 1. The molecule has 2 rings (SSSR count). The Hall–Kier alpha value is -2.08. The summed E-state index contributed by atoms with van der Waals surface area (Å²) in [6.07, 6.45) is 0.0262. The summed E-state index contributed by atoms with van der Waals surface area (Å²) in [5.74, 6) is -0.130. The molecule has 0 atom stereocenters. The predicted molar refractivity (Wildman–Crippen MR) is 78.4 cm³/mol. The third-order valence-electron chi connectivity index (χ3n) is 2.55. The average Bonchev–Trinajstić information content (AvgIpc) is 2.86. The Morgan fingerprint density at radius 2 is 2.15 bits per heavy atom. The van der Waals surface area contributed by atoms with E-state index in [1.165, 1.54) is 0 Å². The summed E-state index contributed by atoms with van der Waals surface area (Å²) < 4.78 is 5.61. The second-order valence-corrected chi connectivity index (χ2v) is 5.04. The van der Waals surface area contributed by atoms with Crippen molar-refractivity contribution in [3.05, 3.63) is 40.9 Å². The zero-order valence-corrected chi connectivity index (χ0v) is 11.9. The van der Waals surface area contributed by atoms with Gasteiger partial charge in [-0.05, 0) is 24.6 Å². The van der Waals surface area contributed by atoms with Gasteiger partial charge >= 0.3 is 5.97 Å². The standard InChI is InChI=1S/C14H16N2O3S/c1-2-15-14-16-11(9-20-14)8-19-12-5-3-10(4-6-12)7-13(17)18/h3-6,9H,2,7-8H2,1H3,(H,15,16)(H,17,18). The molecule has 0 bridgehead atoms. The van der Waals surface area contributed by atoms with Gasteiger partial charge in [0.15, 0.2) is 5.13 Å². The molecule has 0 saturated carbocycles. The van der Waals surface area contributed by atoms with Crippen molar-refractivity contribution in [1.29, 1.82) is 0 Å². The molecule has 0 spiro atoms. The van der Waals surface area contributed by atoms with Gasteiger partial charge in [-0.2, -0.15) is 0 Å². The summed E-state index contributed by atoms with van der Waals surface area (Å²) in [4.78, 5) is 15.0. The Kier molecular flexibility index (Phi) is 4.95. The van der Waals surface area contributed by atoms with E-state index >= 15 is 0 Å². The molecule has 0 amide bonds. The van der Waals surface area contributed by atoms with Crippen molar-refractivity contribution in [3.63, 3.8) is 0 Å². The lowest BCUT2D eigenvalue weighted by molar-refractivity contribution is -0.136. The van der Waals surface area contributed by atoms with Crippen LogP contribution in [-0.4, -0.2) is 22.6 Å². The molecule has 0 aliphatic rings. The van der Waals surface area contributed by atoms with Gasteiger partial charge in [0.25, 0.3) is 0 Å². The Bertz CT molecular complexity index is 566. The van der Waals surface area contributed by atoms with Crippen molar-refractivity contribution in [2.75, 3.05) is 11.9 Å². The highest BCUT2D eigenvalue weighted by molar-refractivity contribution is 7.13. The molecule has 2 N–H and O–H groups in total. The van der Waals surface area contributed by atoms with Gasteiger partial charge < -0.3 is 15.2 Å². The number of anilines is 1. The second-order valence-electron chi connectivity index (χ2n) is 4.18. The van der Waals surface area contributed by atoms with E-state index < -0.39 is 5.97 Å². The number of rotatable bonds is 7. The SMILES string of the molecule is CCNc1nc(COc2ccc(CC(=O)O)cc2)cs1. The van der Waals surface area contributed by atoms with E-state index in [-0.39, 0.29) is 6.42 Å². The largest absolute Gasteiger partial charge is 0.487 e. The number of thiazole rings is 1. The van der Waals surface area contributed by atoms with Gasteiger partial charge in [-0.25, -0.2) is 4.98 Å². The van der Waals surface area contributed by atoms with E-state index in [4.69, 9.17) is 9.84 Å². The maximum atomic E-state index is 10.6. The fourth-order valence-electron chi connectivity index (χ4n) is 1.64. The lowest BCUT2D eigenvalue weighted by atomic mass is 10.1. The summed E-state index contributed by atoms with van der Waals surface area (Å²) in [6.45, 7) is 3.27. The number of nitrogens with zero attached hydrogens (tertiary/aromatic N) is 1. The second kappa shape index (κ2) is 6.91. The predicted octanol–water partition coefficient (Wildman–Crippen LogP) is 2.78. The fourth-order valence-corrected chi connectivity index (χ4v) is 2.41. The zero-order valence-electron chi connectivity index (χ0n) is 11.1. The smallest absolute Gasteiger partial charge is 0.307 e. The fraction of sp³-hybridized carbons (Fsp3) is 0.286. The van der Waals surface area contributed by atoms with E-state index in [1.54, 1.807) is 35.6 Å². The molecule has 2 aromatic rings. The molecule has 106 valence electrons. The van der Waals surface area contributed by atoms with Gasteiger partial charge in [0.1, 0.15) is 12.4 Å². The summed E-state index contributed by atoms with van der Waals surface area (Å²) in [5.41, 5.74) is 1.63. The molecule has 1 heterocycles. The third kappa shape index (κ3) is 4.24. The van der Waals surface area contributed by atoms with Gasteiger partial charge in [0, 0.05) is 11.9 Å². The Labute approximate surface area is 121 Å². The van der Waals surface area contributed by atoms with Crippen molar-refractivity contribution in [2.45, 2.75) is 20.0 Å². The Morgan fingerprint density at radius 3 is 2.80 bits per heavy atom. The molecule has 0 unspecified atom stereocenters. The van der Waals surface area contributed by atoms with E-state index in [2.05, 4.69) is 10.3 Å². The summed E-state index contributed by atoms with van der Waals surface area (Å²) in [6, 6.07) is 7.06. The number of ether oxygens (including phenoxy) is 1. The summed E-state index contributed by atoms with van der Waals surface area (Å²) in [5, 5.41) is 14.7. The van der Waals surface area contributed by atoms with Crippen LogP contribution in [0.2, 0.25) is 0 Å². The molecule has 5 nitrogen and oxygen atoms in total. The van der Waals surface area contributed by atoms with Gasteiger partial charge in [-0.1, -0.05) is 12.1 Å². The minimum atomic E-state index is -0.836. The highest BCUT2D eigenvalue weighted by Crippen LogP contribution is 2.18. The van der Waals surface area contributed by atoms with Crippen LogP contribution in [0, 0.1) is 0 Å². The molecule has 20 heavy (non-hydrogen) atoms. The van der Waals surface area contributed by atoms with Gasteiger partial charge in [-0.15, -0.1) is 11.3 Å². The zero-order chi connectivity index (χ0) is 14.4. The van der Waals surface area contributed by atoms with Gasteiger partial charge in [0.2, 0.25) is 0 Å². The number of hydrogen-bond donors (Lipinski definition) is 2. The van der Waals surface area contributed by atoms with Crippen molar-refractivity contribution < 1.29 is 14.6 Å².